The molecular formula is C26H24FN3O5S. The van der Waals surface area contributed by atoms with Crippen LogP contribution in [0.25, 0.3) is 22.3 Å². The molecule has 6 rings (SSSR count). The van der Waals surface area contributed by atoms with Crippen LogP contribution >= 0.6 is 12.6 Å². The first-order chi connectivity index (χ1) is 17.1. The molecule has 2 aliphatic heterocycles. The monoisotopic (exact) mass is 509 g/mol. The maximum absolute atomic E-state index is 14.9. The number of nitrogens with zero attached hydrogens (tertiary/aromatic N) is 2. The van der Waals surface area contributed by atoms with Gasteiger partial charge in [0.1, 0.15) is 12.4 Å². The van der Waals surface area contributed by atoms with E-state index in [0.29, 0.717) is 41.1 Å². The maximum Gasteiger partial charge on any atom is 0.342 e. The summed E-state index contributed by atoms with van der Waals surface area (Å²) in [4.78, 5) is 43.1. The Morgan fingerprint density at radius 3 is 2.86 bits per heavy atom. The van der Waals surface area contributed by atoms with Gasteiger partial charge in [0.15, 0.2) is 5.60 Å². The summed E-state index contributed by atoms with van der Waals surface area (Å²) < 4.78 is 21.5. The van der Waals surface area contributed by atoms with Crippen LogP contribution in [0, 0.1) is 12.7 Å². The van der Waals surface area contributed by atoms with E-state index in [1.165, 1.54) is 13.0 Å². The zero-order chi connectivity index (χ0) is 25.5. The molecule has 3 aliphatic rings. The van der Waals surface area contributed by atoms with E-state index in [9.17, 15) is 23.9 Å². The minimum atomic E-state index is -1.98. The zero-order valence-corrected chi connectivity index (χ0v) is 20.7. The van der Waals surface area contributed by atoms with Crippen LogP contribution < -0.4 is 10.9 Å². The van der Waals surface area contributed by atoms with Gasteiger partial charge in [-0.05, 0) is 55.2 Å². The van der Waals surface area contributed by atoms with Gasteiger partial charge >= 0.3 is 5.97 Å². The molecule has 0 radical (unpaired) electrons. The molecule has 8 nitrogen and oxygen atoms in total. The number of esters is 1. The van der Waals surface area contributed by atoms with Crippen LogP contribution in [0.5, 0.6) is 0 Å². The Morgan fingerprint density at radius 2 is 2.11 bits per heavy atom. The highest BCUT2D eigenvalue weighted by molar-refractivity contribution is 7.80. The van der Waals surface area contributed by atoms with Crippen molar-refractivity contribution < 1.29 is 23.8 Å². The van der Waals surface area contributed by atoms with Crippen molar-refractivity contribution in [2.75, 3.05) is 5.75 Å². The van der Waals surface area contributed by atoms with Crippen molar-refractivity contribution >= 4 is 35.4 Å². The third kappa shape index (κ3) is 3.10. The van der Waals surface area contributed by atoms with Crippen molar-refractivity contribution in [3.05, 3.63) is 61.7 Å². The van der Waals surface area contributed by atoms with Crippen LogP contribution in [0.2, 0.25) is 0 Å². The van der Waals surface area contributed by atoms with Crippen LogP contribution in [0.3, 0.4) is 0 Å². The van der Waals surface area contributed by atoms with Gasteiger partial charge < -0.3 is 19.7 Å². The molecule has 0 bridgehead atoms. The van der Waals surface area contributed by atoms with Crippen LogP contribution in [-0.4, -0.2) is 32.3 Å². The van der Waals surface area contributed by atoms with Crippen molar-refractivity contribution in [1.29, 1.82) is 0 Å². The fourth-order valence-electron chi connectivity index (χ4n) is 5.82. The molecule has 186 valence electrons. The number of hydrogen-bond donors (Lipinski definition) is 3. The number of rotatable bonds is 3. The van der Waals surface area contributed by atoms with E-state index in [1.54, 1.807) is 17.6 Å². The molecule has 3 aromatic rings. The van der Waals surface area contributed by atoms with Crippen LogP contribution in [0.1, 0.15) is 59.2 Å². The number of cyclic esters (lactones) is 1. The third-order valence-corrected chi connectivity index (χ3v) is 7.90. The van der Waals surface area contributed by atoms with Crippen LogP contribution in [-0.2, 0) is 39.5 Å². The number of hydrogen-bond acceptors (Lipinski definition) is 7. The average Bonchev–Trinajstić information content (AvgIpc) is 3.20. The summed E-state index contributed by atoms with van der Waals surface area (Å²) in [6.07, 6.45) is 1.43. The first-order valence-electron chi connectivity index (χ1n) is 11.8. The number of halogens is 1. The van der Waals surface area contributed by atoms with Crippen LogP contribution in [0.4, 0.5) is 4.39 Å². The molecule has 2 atom stereocenters. The van der Waals surface area contributed by atoms with E-state index in [4.69, 9.17) is 9.72 Å². The smallest absolute Gasteiger partial charge is 0.342 e. The number of carbonyl (C=O) groups excluding carboxylic acids is 2. The normalized spacial score (nSPS) is 21.6. The molecule has 2 aromatic heterocycles. The van der Waals surface area contributed by atoms with Crippen molar-refractivity contribution in [1.82, 2.24) is 14.9 Å². The minimum absolute atomic E-state index is 0.133. The van der Waals surface area contributed by atoms with E-state index < -0.39 is 11.6 Å². The molecule has 2 N–H and O–H groups in total. The summed E-state index contributed by atoms with van der Waals surface area (Å²) in [5, 5.41) is 14.7. The Morgan fingerprint density at radius 1 is 1.33 bits per heavy atom. The van der Waals surface area contributed by atoms with Gasteiger partial charge in [-0.25, -0.2) is 14.2 Å². The number of thiol groups is 1. The molecule has 0 saturated heterocycles. The molecule has 36 heavy (non-hydrogen) atoms. The van der Waals surface area contributed by atoms with Crippen molar-refractivity contribution in [2.45, 2.75) is 57.9 Å². The number of aliphatic hydroxyl groups is 1. The summed E-state index contributed by atoms with van der Waals surface area (Å²) in [6.45, 7) is 3.03. The molecule has 1 aromatic carbocycles. The Balaban J connectivity index is 1.64. The van der Waals surface area contributed by atoms with Gasteiger partial charge in [-0.2, -0.15) is 12.6 Å². The Labute approximate surface area is 210 Å². The minimum Gasteiger partial charge on any atom is -0.458 e. The predicted molar refractivity (Wildman–Crippen MR) is 132 cm³/mol. The van der Waals surface area contributed by atoms with E-state index >= 15 is 0 Å². The second kappa shape index (κ2) is 7.88. The van der Waals surface area contributed by atoms with Crippen molar-refractivity contribution in [3.8, 4) is 11.4 Å². The van der Waals surface area contributed by atoms with E-state index in [1.807, 2.05) is 0 Å². The lowest BCUT2D eigenvalue weighted by Gasteiger charge is -2.30. The molecular weight excluding hydrogens is 485 g/mol. The Bertz CT molecular complexity index is 1580. The summed E-state index contributed by atoms with van der Waals surface area (Å²) >= 11 is 4.16. The second-order valence-electron chi connectivity index (χ2n) is 9.80. The number of benzene rings is 1. The summed E-state index contributed by atoms with van der Waals surface area (Å²) in [5.41, 5.74) is 2.45. The lowest BCUT2D eigenvalue weighted by molar-refractivity contribution is -0.169. The lowest BCUT2D eigenvalue weighted by atomic mass is 9.81. The van der Waals surface area contributed by atoms with Crippen molar-refractivity contribution in [3.63, 3.8) is 0 Å². The summed E-state index contributed by atoms with van der Waals surface area (Å²) in [6, 6.07) is 2.67. The summed E-state index contributed by atoms with van der Waals surface area (Å²) in [5.74, 6) is -0.907. The highest BCUT2D eigenvalue weighted by atomic mass is 32.1. The molecule has 4 heterocycles. The zero-order valence-electron chi connectivity index (χ0n) is 19.8. The average molecular weight is 510 g/mol. The Hall–Kier alpha value is -3.24. The van der Waals surface area contributed by atoms with Gasteiger partial charge in [0.25, 0.3) is 5.56 Å². The Kier molecular flexibility index (Phi) is 5.07. The first-order valence-corrected chi connectivity index (χ1v) is 12.5. The van der Waals surface area contributed by atoms with Gasteiger partial charge in [0.2, 0.25) is 5.91 Å². The standard InChI is InChI=1S/C26H24FN3O5S/c1-11-12-3-4-17(28-20(31)5-6-36)22-13-9-30-19(23(13)29-18(21(12)22)8-16(11)27)7-15-14(24(30)32)10-35-25(33)26(15,2)34/h7-8,17,34,36H,3-6,9-10H2,1-2H3,(H,28,31)/t17-,26-/m0/s1. The predicted octanol–water partition coefficient (Wildman–Crippen LogP) is 2.56. The van der Waals surface area contributed by atoms with Gasteiger partial charge in [0.05, 0.1) is 35.1 Å². The molecule has 0 spiro atoms. The fourth-order valence-corrected chi connectivity index (χ4v) is 6.02. The number of aromatic nitrogens is 2. The number of carbonyl (C=O) groups is 2. The van der Waals surface area contributed by atoms with Crippen molar-refractivity contribution in [2.24, 2.45) is 0 Å². The molecule has 1 amide bonds. The number of fused-ring (bicyclic) bond motifs is 5. The SMILES string of the molecule is Cc1c(F)cc2nc3c(c4c2c1CC[C@@H]4NC(=O)CCS)Cn1c-3cc2c(c1=O)COC(=O)[C@@]2(C)O. The first kappa shape index (κ1) is 23.2. The van der Waals surface area contributed by atoms with E-state index in [0.717, 1.165) is 22.1 Å². The van der Waals surface area contributed by atoms with Crippen LogP contribution in [0.15, 0.2) is 16.9 Å². The molecule has 0 fully saturated rings. The largest absolute Gasteiger partial charge is 0.458 e. The molecule has 0 unspecified atom stereocenters. The van der Waals surface area contributed by atoms with Gasteiger partial charge in [-0.3, -0.25) is 9.59 Å². The fraction of sp³-hybridized carbons (Fsp3) is 0.385. The molecule has 10 heteroatoms. The van der Waals surface area contributed by atoms with E-state index in [2.05, 4.69) is 17.9 Å². The van der Waals surface area contributed by atoms with Gasteiger partial charge in [0, 0.05) is 29.0 Å². The number of ether oxygens (including phenoxy) is 1. The number of amides is 1. The third-order valence-electron chi connectivity index (χ3n) is 7.68. The maximum atomic E-state index is 14.9. The quantitative estimate of drug-likeness (QED) is 0.289. The number of pyridine rings is 2. The highest BCUT2D eigenvalue weighted by Crippen LogP contribution is 2.45. The van der Waals surface area contributed by atoms with E-state index in [-0.39, 0.29) is 54.0 Å². The number of nitrogens with one attached hydrogen (secondary N) is 1. The lowest BCUT2D eigenvalue weighted by Crippen LogP contribution is -2.42. The summed E-state index contributed by atoms with van der Waals surface area (Å²) in [7, 11) is 0. The second-order valence-corrected chi connectivity index (χ2v) is 10.2. The van der Waals surface area contributed by atoms with Gasteiger partial charge in [-0.1, -0.05) is 0 Å². The highest BCUT2D eigenvalue weighted by Gasteiger charge is 2.43. The topological polar surface area (TPSA) is 111 Å². The molecule has 0 saturated carbocycles. The number of aryl methyl sites for hydroxylation is 1. The van der Waals surface area contributed by atoms with Gasteiger partial charge in [-0.15, -0.1) is 0 Å². The molecule has 1 aliphatic carbocycles.